The zero-order valence-electron chi connectivity index (χ0n) is 15.7. The number of anilines is 1. The van der Waals surface area contributed by atoms with Gasteiger partial charge in [0, 0.05) is 48.8 Å². The molecule has 140 valence electrons. The maximum absolute atomic E-state index is 12.3. The lowest BCUT2D eigenvalue weighted by atomic mass is 10.1. The zero-order valence-corrected chi connectivity index (χ0v) is 15.7. The Morgan fingerprint density at radius 2 is 1.81 bits per heavy atom. The molecule has 1 amide bonds. The quantitative estimate of drug-likeness (QED) is 0.683. The summed E-state index contributed by atoms with van der Waals surface area (Å²) in [7, 11) is 0. The molecule has 1 saturated heterocycles. The second-order valence-corrected chi connectivity index (χ2v) is 7.35. The monoisotopic (exact) mass is 361 g/mol. The van der Waals surface area contributed by atoms with Crippen molar-refractivity contribution in [2.24, 2.45) is 0 Å². The SMILES string of the molecule is O=C(CCc1cccc2[nH]ccc12)NCc1ccc(N2CCCCC2)cc1. The van der Waals surface area contributed by atoms with Crippen LogP contribution in [-0.2, 0) is 17.8 Å². The van der Waals surface area contributed by atoms with E-state index in [1.165, 1.54) is 35.9 Å². The number of H-pyrrole nitrogens is 1. The van der Waals surface area contributed by atoms with Gasteiger partial charge in [0.1, 0.15) is 0 Å². The summed E-state index contributed by atoms with van der Waals surface area (Å²) in [6.45, 7) is 2.90. The van der Waals surface area contributed by atoms with Gasteiger partial charge in [0.25, 0.3) is 0 Å². The summed E-state index contributed by atoms with van der Waals surface area (Å²) in [6, 6.07) is 16.9. The van der Waals surface area contributed by atoms with E-state index in [2.05, 4.69) is 57.7 Å². The number of carbonyl (C=O) groups excluding carboxylic acids is 1. The minimum Gasteiger partial charge on any atom is -0.372 e. The van der Waals surface area contributed by atoms with E-state index in [9.17, 15) is 4.79 Å². The van der Waals surface area contributed by atoms with Crippen LogP contribution >= 0.6 is 0 Å². The van der Waals surface area contributed by atoms with Crippen LogP contribution in [0.1, 0.15) is 36.8 Å². The number of piperidine rings is 1. The Bertz CT molecular complexity index is 891. The lowest BCUT2D eigenvalue weighted by Crippen LogP contribution is -2.29. The molecule has 1 aliphatic heterocycles. The lowest BCUT2D eigenvalue weighted by molar-refractivity contribution is -0.121. The molecule has 4 rings (SSSR count). The van der Waals surface area contributed by atoms with Gasteiger partial charge in [-0.05, 0) is 61.1 Å². The van der Waals surface area contributed by atoms with Crippen LogP contribution in [-0.4, -0.2) is 24.0 Å². The Morgan fingerprint density at radius 1 is 1.00 bits per heavy atom. The first-order chi connectivity index (χ1) is 13.3. The molecule has 4 heteroatoms. The summed E-state index contributed by atoms with van der Waals surface area (Å²) in [5.41, 5.74) is 4.79. The highest BCUT2D eigenvalue weighted by atomic mass is 16.1. The average Bonchev–Trinajstić information content (AvgIpc) is 3.21. The van der Waals surface area contributed by atoms with Crippen molar-refractivity contribution in [1.82, 2.24) is 10.3 Å². The summed E-state index contributed by atoms with van der Waals surface area (Å²) in [6.07, 6.45) is 7.13. The molecule has 0 spiro atoms. The fourth-order valence-electron chi connectivity index (χ4n) is 3.88. The van der Waals surface area contributed by atoms with E-state index in [0.29, 0.717) is 13.0 Å². The summed E-state index contributed by atoms with van der Waals surface area (Å²) >= 11 is 0. The van der Waals surface area contributed by atoms with Crippen molar-refractivity contribution in [3.05, 3.63) is 65.9 Å². The summed E-state index contributed by atoms with van der Waals surface area (Å²) in [5.74, 6) is 0.0997. The minimum atomic E-state index is 0.0997. The molecule has 2 aromatic carbocycles. The number of hydrogen-bond acceptors (Lipinski definition) is 2. The summed E-state index contributed by atoms with van der Waals surface area (Å²) in [5, 5.41) is 4.26. The highest BCUT2D eigenvalue weighted by Crippen LogP contribution is 2.21. The van der Waals surface area contributed by atoms with E-state index in [-0.39, 0.29) is 5.91 Å². The molecular formula is C23H27N3O. The van der Waals surface area contributed by atoms with Crippen LogP contribution in [0.25, 0.3) is 10.9 Å². The Balaban J connectivity index is 1.27. The number of aryl methyl sites for hydroxylation is 1. The van der Waals surface area contributed by atoms with Gasteiger partial charge in [0.2, 0.25) is 5.91 Å². The molecule has 1 aromatic heterocycles. The van der Waals surface area contributed by atoms with Crippen molar-refractivity contribution in [2.45, 2.75) is 38.6 Å². The molecule has 1 aliphatic rings. The maximum Gasteiger partial charge on any atom is 0.220 e. The van der Waals surface area contributed by atoms with E-state index < -0.39 is 0 Å². The number of nitrogens with zero attached hydrogens (tertiary/aromatic N) is 1. The van der Waals surface area contributed by atoms with E-state index in [0.717, 1.165) is 30.6 Å². The van der Waals surface area contributed by atoms with Gasteiger partial charge in [-0.2, -0.15) is 0 Å². The Morgan fingerprint density at radius 3 is 2.63 bits per heavy atom. The predicted molar refractivity (Wildman–Crippen MR) is 111 cm³/mol. The third-order valence-corrected chi connectivity index (χ3v) is 5.45. The highest BCUT2D eigenvalue weighted by Gasteiger charge is 2.11. The molecule has 0 saturated carbocycles. The molecule has 0 radical (unpaired) electrons. The third kappa shape index (κ3) is 4.33. The predicted octanol–water partition coefficient (Wildman–Crippen LogP) is 4.41. The maximum atomic E-state index is 12.3. The lowest BCUT2D eigenvalue weighted by Gasteiger charge is -2.28. The number of hydrogen-bond donors (Lipinski definition) is 2. The fraction of sp³-hybridized carbons (Fsp3) is 0.348. The Hall–Kier alpha value is -2.75. The van der Waals surface area contributed by atoms with E-state index in [1.807, 2.05) is 12.3 Å². The number of aromatic nitrogens is 1. The van der Waals surface area contributed by atoms with Crippen molar-refractivity contribution in [2.75, 3.05) is 18.0 Å². The third-order valence-electron chi connectivity index (χ3n) is 5.45. The van der Waals surface area contributed by atoms with Gasteiger partial charge in [-0.25, -0.2) is 0 Å². The van der Waals surface area contributed by atoms with Gasteiger partial charge in [0.15, 0.2) is 0 Å². The number of carbonyl (C=O) groups is 1. The summed E-state index contributed by atoms with van der Waals surface area (Å²) < 4.78 is 0. The first-order valence-corrected chi connectivity index (χ1v) is 9.95. The summed E-state index contributed by atoms with van der Waals surface area (Å²) in [4.78, 5) is 17.9. The number of nitrogens with one attached hydrogen (secondary N) is 2. The molecule has 0 aliphatic carbocycles. The van der Waals surface area contributed by atoms with Crippen LogP contribution in [0.4, 0.5) is 5.69 Å². The molecule has 0 atom stereocenters. The number of fused-ring (bicyclic) bond motifs is 1. The van der Waals surface area contributed by atoms with Crippen molar-refractivity contribution in [3.8, 4) is 0 Å². The van der Waals surface area contributed by atoms with E-state index >= 15 is 0 Å². The van der Waals surface area contributed by atoms with Crippen LogP contribution in [0.15, 0.2) is 54.7 Å². The molecule has 3 aromatic rings. The first kappa shape index (κ1) is 17.7. The minimum absolute atomic E-state index is 0.0997. The standard InChI is InChI=1S/C23H27N3O/c27-23(12-9-19-5-4-6-22-21(19)13-14-24-22)25-17-18-7-10-20(11-8-18)26-15-2-1-3-16-26/h4-8,10-11,13-14,24H,1-3,9,12,15-17H2,(H,25,27). The van der Waals surface area contributed by atoms with Crippen LogP contribution in [0, 0.1) is 0 Å². The fourth-order valence-corrected chi connectivity index (χ4v) is 3.88. The van der Waals surface area contributed by atoms with Gasteiger partial charge in [-0.3, -0.25) is 4.79 Å². The van der Waals surface area contributed by atoms with Crippen molar-refractivity contribution >= 4 is 22.5 Å². The number of rotatable bonds is 6. The zero-order chi connectivity index (χ0) is 18.5. The molecule has 27 heavy (non-hydrogen) atoms. The van der Waals surface area contributed by atoms with Gasteiger partial charge in [-0.1, -0.05) is 24.3 Å². The normalized spacial score (nSPS) is 14.4. The van der Waals surface area contributed by atoms with Gasteiger partial charge < -0.3 is 15.2 Å². The number of aromatic amines is 1. The van der Waals surface area contributed by atoms with Crippen molar-refractivity contribution in [1.29, 1.82) is 0 Å². The second kappa shape index (κ2) is 8.30. The van der Waals surface area contributed by atoms with E-state index in [4.69, 9.17) is 0 Å². The van der Waals surface area contributed by atoms with Gasteiger partial charge in [-0.15, -0.1) is 0 Å². The Kier molecular flexibility index (Phi) is 5.42. The van der Waals surface area contributed by atoms with Gasteiger partial charge in [0.05, 0.1) is 0 Å². The smallest absolute Gasteiger partial charge is 0.220 e. The van der Waals surface area contributed by atoms with Crippen LogP contribution in [0.3, 0.4) is 0 Å². The first-order valence-electron chi connectivity index (χ1n) is 9.95. The van der Waals surface area contributed by atoms with Crippen LogP contribution < -0.4 is 10.2 Å². The molecule has 2 heterocycles. The molecular weight excluding hydrogens is 334 g/mol. The number of amides is 1. The van der Waals surface area contributed by atoms with Crippen LogP contribution in [0.5, 0.6) is 0 Å². The Labute approximate surface area is 160 Å². The van der Waals surface area contributed by atoms with Crippen molar-refractivity contribution in [3.63, 3.8) is 0 Å². The van der Waals surface area contributed by atoms with Crippen molar-refractivity contribution < 1.29 is 4.79 Å². The second-order valence-electron chi connectivity index (χ2n) is 7.35. The average molecular weight is 361 g/mol. The molecule has 1 fully saturated rings. The van der Waals surface area contributed by atoms with Crippen LogP contribution in [0.2, 0.25) is 0 Å². The molecule has 0 bridgehead atoms. The number of benzene rings is 2. The topological polar surface area (TPSA) is 48.1 Å². The largest absolute Gasteiger partial charge is 0.372 e. The molecule has 2 N–H and O–H groups in total. The van der Waals surface area contributed by atoms with Gasteiger partial charge >= 0.3 is 0 Å². The van der Waals surface area contributed by atoms with E-state index in [1.54, 1.807) is 0 Å². The molecule has 0 unspecified atom stereocenters. The highest BCUT2D eigenvalue weighted by molar-refractivity contribution is 5.84. The molecule has 4 nitrogen and oxygen atoms in total.